The van der Waals surface area contributed by atoms with Crippen molar-refractivity contribution in [1.82, 2.24) is 10.6 Å². The molecule has 0 aromatic heterocycles. The van der Waals surface area contributed by atoms with Crippen LogP contribution < -0.4 is 10.6 Å². The Hall–Kier alpha value is -1.78. The normalized spacial score (nSPS) is 14.7. The number of aliphatic imine (C=N–C) groups is 1. The predicted octanol–water partition coefficient (Wildman–Crippen LogP) is 4.23. The smallest absolute Gasteiger partial charge is 0.191 e. The molecule has 0 amide bonds. The van der Waals surface area contributed by atoms with Crippen LogP contribution in [0.4, 0.5) is 0 Å². The van der Waals surface area contributed by atoms with Crippen LogP contribution in [0.2, 0.25) is 5.02 Å². The molecule has 0 saturated heterocycles. The summed E-state index contributed by atoms with van der Waals surface area (Å²) < 4.78 is 0. The Balaban J connectivity index is 0.00000243. The van der Waals surface area contributed by atoms with Crippen molar-refractivity contribution in [2.45, 2.75) is 24.8 Å². The van der Waals surface area contributed by atoms with Gasteiger partial charge in [-0.05, 0) is 48.2 Å². The molecule has 6 heteroatoms. The first kappa shape index (κ1) is 20.5. The maximum Gasteiger partial charge on any atom is 0.191 e. The van der Waals surface area contributed by atoms with Crippen LogP contribution in [0.1, 0.15) is 29.5 Å². The zero-order valence-corrected chi connectivity index (χ0v) is 17.7. The Labute approximate surface area is 176 Å². The van der Waals surface area contributed by atoms with Gasteiger partial charge in [-0.15, -0.1) is 24.0 Å². The van der Waals surface area contributed by atoms with E-state index >= 15 is 0 Å². The molecule has 0 unspecified atom stereocenters. The van der Waals surface area contributed by atoms with Crippen LogP contribution in [0.15, 0.2) is 53.5 Å². The van der Waals surface area contributed by atoms with Crippen LogP contribution >= 0.6 is 35.6 Å². The van der Waals surface area contributed by atoms with E-state index in [-0.39, 0.29) is 29.4 Å². The van der Waals surface area contributed by atoms with Gasteiger partial charge in [0.05, 0.1) is 11.6 Å². The van der Waals surface area contributed by atoms with Crippen LogP contribution in [0.3, 0.4) is 0 Å². The van der Waals surface area contributed by atoms with E-state index < -0.39 is 0 Å². The first-order chi connectivity index (χ1) is 12.1. The van der Waals surface area contributed by atoms with Gasteiger partial charge in [-0.25, -0.2) is 0 Å². The summed E-state index contributed by atoms with van der Waals surface area (Å²) in [4.78, 5) is 4.29. The van der Waals surface area contributed by atoms with Crippen molar-refractivity contribution in [1.29, 1.82) is 5.26 Å². The van der Waals surface area contributed by atoms with E-state index in [0.717, 1.165) is 35.9 Å². The average Bonchev–Trinajstić information content (AvgIpc) is 3.43. The van der Waals surface area contributed by atoms with Crippen molar-refractivity contribution in [3.63, 3.8) is 0 Å². The van der Waals surface area contributed by atoms with Gasteiger partial charge in [0.15, 0.2) is 5.96 Å². The van der Waals surface area contributed by atoms with Gasteiger partial charge in [0, 0.05) is 30.6 Å². The van der Waals surface area contributed by atoms with Gasteiger partial charge in [0.2, 0.25) is 0 Å². The number of rotatable bonds is 5. The van der Waals surface area contributed by atoms with E-state index in [1.165, 1.54) is 5.56 Å². The summed E-state index contributed by atoms with van der Waals surface area (Å²) in [5, 5.41) is 16.4. The number of benzene rings is 2. The first-order valence-electron chi connectivity index (χ1n) is 8.35. The molecule has 1 saturated carbocycles. The highest BCUT2D eigenvalue weighted by Crippen LogP contribution is 2.48. The Kier molecular flexibility index (Phi) is 7.30. The summed E-state index contributed by atoms with van der Waals surface area (Å²) in [5.74, 6) is 0.776. The molecule has 1 fully saturated rings. The molecule has 0 radical (unpaired) electrons. The SMILES string of the molecule is CN=C(NCc1ccc(C#N)cc1)NCC1(c2cccc(Cl)c2)CC1.I. The average molecular weight is 481 g/mol. The van der Waals surface area contributed by atoms with Gasteiger partial charge in [0.25, 0.3) is 0 Å². The van der Waals surface area contributed by atoms with Gasteiger partial charge < -0.3 is 10.6 Å². The Morgan fingerprint density at radius 1 is 1.19 bits per heavy atom. The lowest BCUT2D eigenvalue weighted by Gasteiger charge is -2.19. The standard InChI is InChI=1S/C20H21ClN4.HI/c1-23-19(24-13-16-7-5-15(12-22)6-8-16)25-14-20(9-10-20)17-3-2-4-18(21)11-17;/h2-8,11H,9-10,13-14H2,1H3,(H2,23,24,25);1H. The maximum absolute atomic E-state index is 8.84. The fourth-order valence-electron chi connectivity index (χ4n) is 2.89. The number of nitrogens with one attached hydrogen (secondary N) is 2. The van der Waals surface area contributed by atoms with Crippen molar-refractivity contribution >= 4 is 41.5 Å². The highest BCUT2D eigenvalue weighted by Gasteiger charge is 2.44. The molecule has 2 aromatic rings. The summed E-state index contributed by atoms with van der Waals surface area (Å²) in [6.45, 7) is 1.50. The number of nitriles is 1. The molecule has 136 valence electrons. The summed E-state index contributed by atoms with van der Waals surface area (Å²) >= 11 is 6.13. The number of nitrogens with zero attached hydrogens (tertiary/aromatic N) is 2. The van der Waals surface area contributed by atoms with Crippen molar-refractivity contribution in [2.75, 3.05) is 13.6 Å². The quantitative estimate of drug-likeness (QED) is 0.383. The summed E-state index contributed by atoms with van der Waals surface area (Å²) in [7, 11) is 1.77. The van der Waals surface area contributed by atoms with Crippen molar-refractivity contribution < 1.29 is 0 Å². The van der Waals surface area contributed by atoms with E-state index in [2.05, 4.69) is 33.8 Å². The monoisotopic (exact) mass is 480 g/mol. The molecule has 0 heterocycles. The van der Waals surface area contributed by atoms with E-state index in [9.17, 15) is 0 Å². The fourth-order valence-corrected chi connectivity index (χ4v) is 3.08. The molecule has 0 aliphatic heterocycles. The van der Waals surface area contributed by atoms with Gasteiger partial charge in [-0.1, -0.05) is 35.9 Å². The van der Waals surface area contributed by atoms with Crippen LogP contribution in [0, 0.1) is 11.3 Å². The predicted molar refractivity (Wildman–Crippen MR) is 117 cm³/mol. The van der Waals surface area contributed by atoms with Crippen LogP contribution in [0.25, 0.3) is 0 Å². The minimum atomic E-state index is 0. The molecular weight excluding hydrogens is 459 g/mol. The number of hydrogen-bond acceptors (Lipinski definition) is 2. The third-order valence-electron chi connectivity index (χ3n) is 4.65. The zero-order valence-electron chi connectivity index (χ0n) is 14.6. The van der Waals surface area contributed by atoms with E-state index in [0.29, 0.717) is 12.1 Å². The zero-order chi connectivity index (χ0) is 17.7. The topological polar surface area (TPSA) is 60.2 Å². The molecule has 2 aromatic carbocycles. The lowest BCUT2D eigenvalue weighted by Crippen LogP contribution is -2.40. The van der Waals surface area contributed by atoms with Gasteiger partial charge in [0.1, 0.15) is 0 Å². The summed E-state index contributed by atoms with van der Waals surface area (Å²) in [5.41, 5.74) is 3.23. The Morgan fingerprint density at radius 3 is 2.50 bits per heavy atom. The molecule has 3 rings (SSSR count). The lowest BCUT2D eigenvalue weighted by molar-refractivity contribution is 0.645. The highest BCUT2D eigenvalue weighted by molar-refractivity contribution is 14.0. The molecule has 4 nitrogen and oxygen atoms in total. The fraction of sp³-hybridized carbons (Fsp3) is 0.300. The second kappa shape index (κ2) is 9.24. The van der Waals surface area contributed by atoms with Crippen molar-refractivity contribution in [2.24, 2.45) is 4.99 Å². The van der Waals surface area contributed by atoms with Gasteiger partial charge in [-0.3, -0.25) is 4.99 Å². The molecule has 2 N–H and O–H groups in total. The maximum atomic E-state index is 8.84. The molecule has 1 aliphatic rings. The minimum Gasteiger partial charge on any atom is -0.356 e. The summed E-state index contributed by atoms with van der Waals surface area (Å²) in [6.07, 6.45) is 2.32. The Bertz CT molecular complexity index is 807. The largest absolute Gasteiger partial charge is 0.356 e. The molecule has 0 bridgehead atoms. The third kappa shape index (κ3) is 5.12. The van der Waals surface area contributed by atoms with E-state index in [4.69, 9.17) is 16.9 Å². The number of hydrogen-bond donors (Lipinski definition) is 2. The van der Waals surface area contributed by atoms with Crippen LogP contribution in [-0.4, -0.2) is 19.6 Å². The molecule has 0 spiro atoms. The number of halogens is 2. The summed E-state index contributed by atoms with van der Waals surface area (Å²) in [6, 6.07) is 17.8. The van der Waals surface area contributed by atoms with Crippen LogP contribution in [0.5, 0.6) is 0 Å². The molecular formula is C20H22ClIN4. The first-order valence-corrected chi connectivity index (χ1v) is 8.73. The second-order valence-electron chi connectivity index (χ2n) is 6.38. The third-order valence-corrected chi connectivity index (χ3v) is 4.89. The Morgan fingerprint density at radius 2 is 1.92 bits per heavy atom. The van der Waals surface area contributed by atoms with E-state index in [1.54, 1.807) is 7.05 Å². The molecule has 1 aliphatic carbocycles. The van der Waals surface area contributed by atoms with Gasteiger partial charge >= 0.3 is 0 Å². The van der Waals surface area contributed by atoms with E-state index in [1.807, 2.05) is 36.4 Å². The second-order valence-corrected chi connectivity index (χ2v) is 6.82. The van der Waals surface area contributed by atoms with Gasteiger partial charge in [-0.2, -0.15) is 5.26 Å². The number of guanidine groups is 1. The highest BCUT2D eigenvalue weighted by atomic mass is 127. The van der Waals surface area contributed by atoms with Crippen molar-refractivity contribution in [3.05, 3.63) is 70.2 Å². The van der Waals surface area contributed by atoms with Crippen LogP contribution in [-0.2, 0) is 12.0 Å². The molecule has 26 heavy (non-hydrogen) atoms. The minimum absolute atomic E-state index is 0. The van der Waals surface area contributed by atoms with Crippen molar-refractivity contribution in [3.8, 4) is 6.07 Å². The lowest BCUT2D eigenvalue weighted by atomic mass is 9.96. The molecule has 0 atom stereocenters.